The SMILES string of the molecule is C/C(=N\NC(=O)c1nnn(-c2nonc2N)c1CSc1nncn1C)c1ccco1. The number of nitrogens with two attached hydrogens (primary N) is 1. The molecule has 4 rings (SSSR count). The Hall–Kier alpha value is -4.01. The number of nitrogens with zero attached hydrogens (tertiary/aromatic N) is 9. The smallest absolute Gasteiger partial charge is 0.293 e. The zero-order valence-corrected chi connectivity index (χ0v) is 16.6. The number of nitrogen functional groups attached to an aromatic ring is 1. The van der Waals surface area contributed by atoms with Gasteiger partial charge in [-0.2, -0.15) is 9.78 Å². The third-order valence-corrected chi connectivity index (χ3v) is 4.93. The molecule has 14 nitrogen and oxygen atoms in total. The van der Waals surface area contributed by atoms with E-state index in [1.165, 1.54) is 22.7 Å². The zero-order valence-electron chi connectivity index (χ0n) is 15.8. The summed E-state index contributed by atoms with van der Waals surface area (Å²) in [6, 6.07) is 3.45. The lowest BCUT2D eigenvalue weighted by Gasteiger charge is -2.05. The predicted molar refractivity (Wildman–Crippen MR) is 103 cm³/mol. The Morgan fingerprint density at radius 1 is 1.37 bits per heavy atom. The number of aryl methyl sites for hydroxylation is 1. The molecule has 0 aliphatic rings. The van der Waals surface area contributed by atoms with Gasteiger partial charge in [0.25, 0.3) is 5.91 Å². The number of hydrazone groups is 1. The fourth-order valence-electron chi connectivity index (χ4n) is 2.38. The molecule has 154 valence electrons. The summed E-state index contributed by atoms with van der Waals surface area (Å²) in [5.41, 5.74) is 9.13. The molecule has 0 saturated carbocycles. The number of amides is 1. The first-order valence-electron chi connectivity index (χ1n) is 8.43. The molecule has 0 atom stereocenters. The van der Waals surface area contributed by atoms with E-state index in [2.05, 4.69) is 46.0 Å². The van der Waals surface area contributed by atoms with Crippen molar-refractivity contribution in [3.05, 3.63) is 41.9 Å². The van der Waals surface area contributed by atoms with Crippen molar-refractivity contribution < 1.29 is 13.8 Å². The average molecular weight is 429 g/mol. The topological polar surface area (TPSA) is 181 Å². The molecule has 0 fully saturated rings. The molecule has 0 saturated heterocycles. The molecule has 0 spiro atoms. The van der Waals surface area contributed by atoms with Crippen LogP contribution in [-0.4, -0.2) is 51.7 Å². The lowest BCUT2D eigenvalue weighted by molar-refractivity contribution is 0.0949. The van der Waals surface area contributed by atoms with Crippen LogP contribution in [0.25, 0.3) is 5.82 Å². The van der Waals surface area contributed by atoms with E-state index in [-0.39, 0.29) is 23.1 Å². The highest BCUT2D eigenvalue weighted by atomic mass is 32.2. The molecule has 4 aromatic heterocycles. The Morgan fingerprint density at radius 2 is 2.23 bits per heavy atom. The van der Waals surface area contributed by atoms with Crippen LogP contribution in [0.2, 0.25) is 0 Å². The van der Waals surface area contributed by atoms with E-state index in [4.69, 9.17) is 10.2 Å². The standard InChI is InChI=1S/C15H15N11O3S/c1-8(10-4-3-5-28-10)18-20-14(27)11-9(6-30-15-21-17-7-25(15)2)26(24-19-11)13-12(16)22-29-23-13/h3-5,7H,6H2,1-2H3,(H2,16,22)(H,20,27)/b18-8+. The first kappa shape index (κ1) is 19.3. The lowest BCUT2D eigenvalue weighted by atomic mass is 10.3. The number of thioether (sulfide) groups is 1. The van der Waals surface area contributed by atoms with Gasteiger partial charge in [-0.1, -0.05) is 17.0 Å². The number of carbonyl (C=O) groups excluding carboxylic acids is 1. The van der Waals surface area contributed by atoms with Crippen LogP contribution in [0.1, 0.15) is 28.9 Å². The molecule has 0 unspecified atom stereocenters. The first-order valence-corrected chi connectivity index (χ1v) is 9.41. The molecule has 0 aliphatic carbocycles. The van der Waals surface area contributed by atoms with Gasteiger partial charge in [-0.3, -0.25) is 4.79 Å². The maximum atomic E-state index is 12.7. The van der Waals surface area contributed by atoms with Crippen molar-refractivity contribution in [3.63, 3.8) is 0 Å². The van der Waals surface area contributed by atoms with Crippen molar-refractivity contribution >= 4 is 29.2 Å². The monoisotopic (exact) mass is 429 g/mol. The van der Waals surface area contributed by atoms with E-state index in [0.717, 1.165) is 0 Å². The molecule has 0 bridgehead atoms. The van der Waals surface area contributed by atoms with Crippen LogP contribution in [0.4, 0.5) is 5.82 Å². The van der Waals surface area contributed by atoms with Crippen molar-refractivity contribution in [3.8, 4) is 5.82 Å². The Morgan fingerprint density at radius 3 is 2.90 bits per heavy atom. The summed E-state index contributed by atoms with van der Waals surface area (Å²) in [6.07, 6.45) is 3.08. The number of aromatic nitrogens is 8. The summed E-state index contributed by atoms with van der Waals surface area (Å²) in [4.78, 5) is 12.7. The number of rotatable bonds is 7. The minimum absolute atomic E-state index is 0.00320. The Balaban J connectivity index is 1.62. The van der Waals surface area contributed by atoms with Crippen molar-refractivity contribution in [2.75, 3.05) is 5.73 Å². The summed E-state index contributed by atoms with van der Waals surface area (Å²) in [7, 11) is 1.80. The van der Waals surface area contributed by atoms with Gasteiger partial charge in [-0.05, 0) is 29.4 Å². The van der Waals surface area contributed by atoms with Crippen molar-refractivity contribution in [1.82, 2.24) is 45.5 Å². The summed E-state index contributed by atoms with van der Waals surface area (Å²) in [5, 5.41) is 27.7. The quantitative estimate of drug-likeness (QED) is 0.236. The highest BCUT2D eigenvalue weighted by Gasteiger charge is 2.24. The number of carbonyl (C=O) groups is 1. The number of anilines is 1. The summed E-state index contributed by atoms with van der Waals surface area (Å²) < 4.78 is 12.9. The molecule has 4 heterocycles. The summed E-state index contributed by atoms with van der Waals surface area (Å²) in [6.45, 7) is 1.70. The second kappa shape index (κ2) is 8.16. The third kappa shape index (κ3) is 3.77. The maximum Gasteiger partial charge on any atom is 0.293 e. The Kier molecular flexibility index (Phi) is 5.25. The maximum absolute atomic E-state index is 12.7. The third-order valence-electron chi connectivity index (χ3n) is 3.89. The van der Waals surface area contributed by atoms with Crippen molar-refractivity contribution in [1.29, 1.82) is 0 Å². The average Bonchev–Trinajstić information content (AvgIpc) is 3.51. The molecule has 4 aromatic rings. The highest BCUT2D eigenvalue weighted by molar-refractivity contribution is 7.98. The van der Waals surface area contributed by atoms with E-state index >= 15 is 0 Å². The first-order chi connectivity index (χ1) is 14.5. The molecular weight excluding hydrogens is 414 g/mol. The van der Waals surface area contributed by atoms with Gasteiger partial charge in [0.05, 0.1) is 12.0 Å². The van der Waals surface area contributed by atoms with Gasteiger partial charge >= 0.3 is 0 Å². The van der Waals surface area contributed by atoms with Crippen LogP contribution >= 0.6 is 11.8 Å². The molecule has 3 N–H and O–H groups in total. The van der Waals surface area contributed by atoms with Gasteiger partial charge in [0.1, 0.15) is 17.8 Å². The van der Waals surface area contributed by atoms with Gasteiger partial charge in [0.2, 0.25) is 11.6 Å². The van der Waals surface area contributed by atoms with Crippen molar-refractivity contribution in [2.24, 2.45) is 12.1 Å². The van der Waals surface area contributed by atoms with Crippen LogP contribution in [0.3, 0.4) is 0 Å². The van der Waals surface area contributed by atoms with Crippen LogP contribution in [0.5, 0.6) is 0 Å². The second-order valence-electron chi connectivity index (χ2n) is 5.90. The van der Waals surface area contributed by atoms with Gasteiger partial charge < -0.3 is 14.7 Å². The summed E-state index contributed by atoms with van der Waals surface area (Å²) >= 11 is 1.32. The van der Waals surface area contributed by atoms with E-state index in [0.29, 0.717) is 22.3 Å². The minimum atomic E-state index is -0.573. The van der Waals surface area contributed by atoms with Gasteiger partial charge in [-0.25, -0.2) is 10.1 Å². The second-order valence-corrected chi connectivity index (χ2v) is 6.84. The molecule has 15 heteroatoms. The molecular formula is C15H15N11O3S. The molecule has 0 aliphatic heterocycles. The van der Waals surface area contributed by atoms with Crippen LogP contribution in [0, 0.1) is 0 Å². The Bertz CT molecular complexity index is 1190. The van der Waals surface area contributed by atoms with Gasteiger partial charge in [0, 0.05) is 12.8 Å². The molecule has 1 amide bonds. The lowest BCUT2D eigenvalue weighted by Crippen LogP contribution is -2.21. The van der Waals surface area contributed by atoms with E-state index in [9.17, 15) is 4.79 Å². The van der Waals surface area contributed by atoms with Crippen molar-refractivity contribution in [2.45, 2.75) is 17.8 Å². The minimum Gasteiger partial charge on any atom is -0.463 e. The molecule has 0 radical (unpaired) electrons. The Labute approximate surface area is 172 Å². The molecule has 0 aromatic carbocycles. The molecule has 30 heavy (non-hydrogen) atoms. The fourth-order valence-corrected chi connectivity index (χ4v) is 3.26. The van der Waals surface area contributed by atoms with E-state index in [1.807, 2.05) is 0 Å². The van der Waals surface area contributed by atoms with Crippen LogP contribution in [-0.2, 0) is 12.8 Å². The number of nitrogens with one attached hydrogen (secondary N) is 1. The number of hydrogen-bond acceptors (Lipinski definition) is 12. The van der Waals surface area contributed by atoms with E-state index in [1.54, 1.807) is 37.0 Å². The summed E-state index contributed by atoms with van der Waals surface area (Å²) in [5.74, 6) is 0.332. The predicted octanol–water partition coefficient (Wildman–Crippen LogP) is 0.400. The number of hydrogen-bond donors (Lipinski definition) is 2. The normalized spacial score (nSPS) is 11.7. The van der Waals surface area contributed by atoms with Gasteiger partial charge in [0.15, 0.2) is 10.9 Å². The fraction of sp³-hybridized carbons (Fsp3) is 0.200. The van der Waals surface area contributed by atoms with Crippen LogP contribution < -0.4 is 11.2 Å². The van der Waals surface area contributed by atoms with E-state index < -0.39 is 5.91 Å². The highest BCUT2D eigenvalue weighted by Crippen LogP contribution is 2.24. The van der Waals surface area contributed by atoms with Gasteiger partial charge in [-0.15, -0.1) is 15.3 Å². The number of furan rings is 1. The largest absolute Gasteiger partial charge is 0.463 e. The zero-order chi connectivity index (χ0) is 21.1. The van der Waals surface area contributed by atoms with Crippen LogP contribution in [0.15, 0.2) is 44.0 Å².